The van der Waals surface area contributed by atoms with Gasteiger partial charge in [-0.05, 0) is 42.2 Å². The Bertz CT molecular complexity index is 984. The van der Waals surface area contributed by atoms with Crippen LogP contribution in [0.25, 0.3) is 5.57 Å². The molecule has 10 heteroatoms. The first-order valence-electron chi connectivity index (χ1n) is 10.2. The second-order valence-corrected chi connectivity index (χ2v) is 8.02. The number of rotatable bonds is 6. The molecule has 180 valence electrons. The Morgan fingerprint density at radius 3 is 2.18 bits per heavy atom. The summed E-state index contributed by atoms with van der Waals surface area (Å²) in [5.74, 6) is 0.142. The van der Waals surface area contributed by atoms with Crippen LogP contribution in [0.1, 0.15) is 36.0 Å². The summed E-state index contributed by atoms with van der Waals surface area (Å²) < 4.78 is 85.2. The molecular weight excluding hydrogens is 450 g/mol. The van der Waals surface area contributed by atoms with Crippen LogP contribution in [0.3, 0.4) is 0 Å². The number of ether oxygens (including phenoxy) is 1. The SMILES string of the molecule is Cc1ccc(C2=C(N)C(O)N[C@@](c3ccc(OCCCC(F)(F)F)cc3)(C(F)(F)F)C2)cc1. The van der Waals surface area contributed by atoms with Crippen molar-refractivity contribution in [2.24, 2.45) is 5.73 Å². The third kappa shape index (κ3) is 5.62. The van der Waals surface area contributed by atoms with Crippen molar-refractivity contribution in [3.05, 3.63) is 70.9 Å². The van der Waals surface area contributed by atoms with E-state index in [1.54, 1.807) is 24.3 Å². The lowest BCUT2D eigenvalue weighted by Gasteiger charge is -2.43. The van der Waals surface area contributed by atoms with Crippen molar-refractivity contribution < 1.29 is 36.2 Å². The number of nitrogens with two attached hydrogens (primary N) is 1. The zero-order chi connectivity index (χ0) is 24.4. The van der Waals surface area contributed by atoms with Crippen LogP contribution in [0.15, 0.2) is 54.2 Å². The van der Waals surface area contributed by atoms with Gasteiger partial charge in [0.15, 0.2) is 0 Å². The fraction of sp³-hybridized carbons (Fsp3) is 0.391. The zero-order valence-electron chi connectivity index (χ0n) is 17.7. The van der Waals surface area contributed by atoms with Crippen LogP contribution < -0.4 is 15.8 Å². The third-order valence-corrected chi connectivity index (χ3v) is 5.57. The minimum Gasteiger partial charge on any atom is -0.494 e. The first-order chi connectivity index (χ1) is 15.3. The molecule has 3 rings (SSSR count). The van der Waals surface area contributed by atoms with Crippen LogP contribution in [0, 0.1) is 6.92 Å². The van der Waals surface area contributed by atoms with Crippen LogP contribution in [0.4, 0.5) is 26.3 Å². The lowest BCUT2D eigenvalue weighted by atomic mass is 9.77. The molecule has 2 aromatic rings. The molecular formula is C23H24F6N2O2. The molecule has 0 aliphatic carbocycles. The van der Waals surface area contributed by atoms with E-state index in [4.69, 9.17) is 10.5 Å². The molecule has 33 heavy (non-hydrogen) atoms. The number of aliphatic hydroxyl groups is 1. The minimum absolute atomic E-state index is 0.0941. The van der Waals surface area contributed by atoms with Gasteiger partial charge in [-0.3, -0.25) is 5.32 Å². The van der Waals surface area contributed by atoms with Crippen molar-refractivity contribution in [1.29, 1.82) is 0 Å². The highest BCUT2D eigenvalue weighted by Gasteiger charge is 2.59. The lowest BCUT2D eigenvalue weighted by molar-refractivity contribution is -0.209. The molecule has 1 aliphatic heterocycles. The Morgan fingerprint density at radius 1 is 1.03 bits per heavy atom. The number of aryl methyl sites for hydroxylation is 1. The molecule has 0 bridgehead atoms. The Kier molecular flexibility index (Phi) is 6.99. The largest absolute Gasteiger partial charge is 0.494 e. The maximum absolute atomic E-state index is 14.4. The van der Waals surface area contributed by atoms with E-state index in [9.17, 15) is 31.4 Å². The molecule has 1 heterocycles. The van der Waals surface area contributed by atoms with E-state index in [2.05, 4.69) is 5.32 Å². The van der Waals surface area contributed by atoms with Crippen LogP contribution in [0.5, 0.6) is 5.75 Å². The number of alkyl halides is 6. The lowest BCUT2D eigenvalue weighted by Crippen LogP contribution is -2.61. The summed E-state index contributed by atoms with van der Waals surface area (Å²) >= 11 is 0. The van der Waals surface area contributed by atoms with Crippen molar-refractivity contribution in [3.63, 3.8) is 0 Å². The first kappa shape index (κ1) is 24.9. The normalized spacial score (nSPS) is 21.9. The number of nitrogens with one attached hydrogen (secondary N) is 1. The van der Waals surface area contributed by atoms with Crippen LogP contribution >= 0.6 is 0 Å². The fourth-order valence-electron chi connectivity index (χ4n) is 3.75. The zero-order valence-corrected chi connectivity index (χ0v) is 17.7. The Labute approximate surface area is 187 Å². The fourth-order valence-corrected chi connectivity index (χ4v) is 3.75. The van der Waals surface area contributed by atoms with E-state index in [0.29, 0.717) is 5.56 Å². The van der Waals surface area contributed by atoms with Crippen LogP contribution in [-0.4, -0.2) is 30.3 Å². The van der Waals surface area contributed by atoms with Gasteiger partial charge in [0, 0.05) is 12.8 Å². The molecule has 0 saturated heterocycles. The van der Waals surface area contributed by atoms with Gasteiger partial charge in [0.25, 0.3) is 0 Å². The molecule has 2 atom stereocenters. The molecule has 1 aliphatic rings. The monoisotopic (exact) mass is 474 g/mol. The highest BCUT2D eigenvalue weighted by atomic mass is 19.4. The number of hydrogen-bond acceptors (Lipinski definition) is 4. The summed E-state index contributed by atoms with van der Waals surface area (Å²) in [7, 11) is 0. The topological polar surface area (TPSA) is 67.5 Å². The molecule has 0 amide bonds. The van der Waals surface area contributed by atoms with E-state index < -0.39 is 37.0 Å². The van der Waals surface area contributed by atoms with Crippen molar-refractivity contribution in [3.8, 4) is 5.75 Å². The van der Waals surface area contributed by atoms with Gasteiger partial charge in [0.1, 0.15) is 17.5 Å². The Morgan fingerprint density at radius 2 is 1.64 bits per heavy atom. The van der Waals surface area contributed by atoms with E-state index in [-0.39, 0.29) is 35.6 Å². The second-order valence-electron chi connectivity index (χ2n) is 8.02. The van der Waals surface area contributed by atoms with Gasteiger partial charge in [0.05, 0.1) is 12.3 Å². The summed E-state index contributed by atoms with van der Waals surface area (Å²) in [5.41, 5.74) is 4.60. The van der Waals surface area contributed by atoms with E-state index in [0.717, 1.165) is 5.56 Å². The average molecular weight is 474 g/mol. The predicted molar refractivity (Wildman–Crippen MR) is 111 cm³/mol. The van der Waals surface area contributed by atoms with Gasteiger partial charge in [-0.25, -0.2) is 0 Å². The molecule has 2 aromatic carbocycles. The summed E-state index contributed by atoms with van der Waals surface area (Å²) in [6, 6.07) is 11.7. The molecule has 1 unspecified atom stereocenters. The van der Waals surface area contributed by atoms with Crippen LogP contribution in [0.2, 0.25) is 0 Å². The number of halogens is 6. The predicted octanol–water partition coefficient (Wildman–Crippen LogP) is 5.16. The van der Waals surface area contributed by atoms with Gasteiger partial charge >= 0.3 is 12.4 Å². The number of hydrogen-bond donors (Lipinski definition) is 3. The summed E-state index contributed by atoms with van der Waals surface area (Å²) in [4.78, 5) is 0. The maximum Gasteiger partial charge on any atom is 0.411 e. The van der Waals surface area contributed by atoms with Gasteiger partial charge in [-0.2, -0.15) is 26.3 Å². The van der Waals surface area contributed by atoms with Crippen LogP contribution in [-0.2, 0) is 5.54 Å². The molecule has 0 saturated carbocycles. The second kappa shape index (κ2) is 9.26. The van der Waals surface area contributed by atoms with E-state index in [1.165, 1.54) is 24.3 Å². The summed E-state index contributed by atoms with van der Waals surface area (Å²) in [6.07, 6.45) is -12.7. The Balaban J connectivity index is 1.88. The molecule has 0 aromatic heterocycles. The smallest absolute Gasteiger partial charge is 0.411 e. The molecule has 4 nitrogen and oxygen atoms in total. The minimum atomic E-state index is -4.81. The number of aliphatic hydroxyl groups excluding tert-OH is 1. The summed E-state index contributed by atoms with van der Waals surface area (Å²) in [6.45, 7) is 1.61. The molecule has 4 N–H and O–H groups in total. The van der Waals surface area contributed by atoms with E-state index in [1.807, 2.05) is 6.92 Å². The highest BCUT2D eigenvalue weighted by molar-refractivity contribution is 5.71. The Hall–Kier alpha value is -2.72. The molecule has 0 spiro atoms. The quantitative estimate of drug-likeness (QED) is 0.400. The molecule has 0 fully saturated rings. The van der Waals surface area contributed by atoms with Crippen molar-refractivity contribution >= 4 is 5.57 Å². The average Bonchev–Trinajstić information content (AvgIpc) is 2.73. The van der Waals surface area contributed by atoms with Gasteiger partial charge in [-0.15, -0.1) is 0 Å². The highest BCUT2D eigenvalue weighted by Crippen LogP contribution is 2.48. The van der Waals surface area contributed by atoms with Gasteiger partial charge in [0.2, 0.25) is 0 Å². The number of benzene rings is 2. The van der Waals surface area contributed by atoms with Gasteiger partial charge < -0.3 is 15.6 Å². The van der Waals surface area contributed by atoms with Crippen molar-refractivity contribution in [2.75, 3.05) is 6.61 Å². The third-order valence-electron chi connectivity index (χ3n) is 5.57. The van der Waals surface area contributed by atoms with Gasteiger partial charge in [-0.1, -0.05) is 42.0 Å². The van der Waals surface area contributed by atoms with Crippen molar-refractivity contribution in [1.82, 2.24) is 5.32 Å². The summed E-state index contributed by atoms with van der Waals surface area (Å²) in [5, 5.41) is 12.6. The maximum atomic E-state index is 14.4. The van der Waals surface area contributed by atoms with Crippen molar-refractivity contribution in [2.45, 2.75) is 50.3 Å². The molecule has 0 radical (unpaired) electrons. The standard InChI is InChI=1S/C23H24F6N2O2/c1-14-3-5-15(6-4-14)18-13-21(23(27,28)29,31-20(32)19(18)30)16-7-9-17(10-8-16)33-12-2-11-22(24,25)26/h3-10,20,31-32H,2,11-13,30H2,1H3/t20?,21-/m0/s1. The first-order valence-corrected chi connectivity index (χ1v) is 10.2. The van der Waals surface area contributed by atoms with E-state index >= 15 is 0 Å².